The van der Waals surface area contributed by atoms with Crippen molar-refractivity contribution in [2.45, 2.75) is 26.3 Å². The summed E-state index contributed by atoms with van der Waals surface area (Å²) in [5.41, 5.74) is 2.33. The summed E-state index contributed by atoms with van der Waals surface area (Å²) in [6, 6.07) is 11.5. The van der Waals surface area contributed by atoms with Gasteiger partial charge in [0.05, 0.1) is 6.61 Å². The molecule has 2 aliphatic rings. The van der Waals surface area contributed by atoms with Crippen LogP contribution in [0.2, 0.25) is 5.02 Å². The van der Waals surface area contributed by atoms with Crippen molar-refractivity contribution in [1.82, 2.24) is 15.1 Å². The standard InChI is InChI=1S/C27H32ClN3O3/c1-18-12-22-5-4-19(2)30(17-23(22)13-25(18)26(32)29-10-11-34-3)14-20-15-31(16-20)27(33)21-6-8-24(28)9-7-21/h5-9,12-13,17,19-20H,4,10-11,14-16H2,1-3H3,(H,29,32). The smallest absolute Gasteiger partial charge is 0.253 e. The molecule has 180 valence electrons. The molecule has 2 aromatic rings. The summed E-state index contributed by atoms with van der Waals surface area (Å²) in [5, 5.41) is 5.77. The van der Waals surface area contributed by atoms with Gasteiger partial charge in [-0.1, -0.05) is 23.7 Å². The normalized spacial score (nSPS) is 17.7. The van der Waals surface area contributed by atoms with Crippen LogP contribution in [0.4, 0.5) is 0 Å². The largest absolute Gasteiger partial charge is 0.383 e. The van der Waals surface area contributed by atoms with E-state index in [1.807, 2.05) is 17.9 Å². The molecule has 2 heterocycles. The van der Waals surface area contributed by atoms with Crippen molar-refractivity contribution in [2.75, 3.05) is 39.9 Å². The van der Waals surface area contributed by atoms with Gasteiger partial charge >= 0.3 is 0 Å². The third kappa shape index (κ3) is 5.45. The van der Waals surface area contributed by atoms with Gasteiger partial charge in [-0.05, 0) is 66.6 Å². The van der Waals surface area contributed by atoms with E-state index in [1.165, 1.54) is 0 Å². The zero-order chi connectivity index (χ0) is 24.2. The van der Waals surface area contributed by atoms with Gasteiger partial charge in [0.2, 0.25) is 0 Å². The lowest BCUT2D eigenvalue weighted by Gasteiger charge is -2.42. The summed E-state index contributed by atoms with van der Waals surface area (Å²) < 4.78 is 5.03. The molecule has 0 radical (unpaired) electrons. The van der Waals surface area contributed by atoms with Gasteiger partial charge in [0.1, 0.15) is 0 Å². The number of fused-ring (bicyclic) bond motifs is 1. The Bertz CT molecular complexity index is 1170. The van der Waals surface area contributed by atoms with E-state index in [0.29, 0.717) is 41.3 Å². The van der Waals surface area contributed by atoms with Crippen molar-refractivity contribution in [3.05, 3.63) is 68.5 Å². The number of hydrogen-bond acceptors (Lipinski definition) is 4. The number of ether oxygens (including phenoxy) is 1. The monoisotopic (exact) mass is 481 g/mol. The summed E-state index contributed by atoms with van der Waals surface area (Å²) in [4.78, 5) is 29.6. The van der Waals surface area contributed by atoms with E-state index >= 15 is 0 Å². The van der Waals surface area contributed by atoms with Gasteiger partial charge in [0, 0.05) is 67.6 Å². The molecular formula is C27H32ClN3O3. The Morgan fingerprint density at radius 3 is 2.59 bits per heavy atom. The Morgan fingerprint density at radius 1 is 1.15 bits per heavy atom. The Morgan fingerprint density at radius 2 is 1.88 bits per heavy atom. The highest BCUT2D eigenvalue weighted by atomic mass is 35.5. The first kappa shape index (κ1) is 24.3. The molecule has 2 aliphatic heterocycles. The summed E-state index contributed by atoms with van der Waals surface area (Å²) in [5.74, 6) is 0.391. The van der Waals surface area contributed by atoms with Gasteiger partial charge in [-0.2, -0.15) is 0 Å². The second kappa shape index (κ2) is 10.6. The van der Waals surface area contributed by atoms with E-state index in [0.717, 1.165) is 42.1 Å². The van der Waals surface area contributed by atoms with E-state index < -0.39 is 0 Å². The third-order valence-corrected chi connectivity index (χ3v) is 6.87. The lowest BCUT2D eigenvalue weighted by atomic mass is 9.97. The molecule has 0 saturated carbocycles. The van der Waals surface area contributed by atoms with Crippen LogP contribution in [0.5, 0.6) is 0 Å². The average Bonchev–Trinajstić information content (AvgIpc) is 2.94. The second-order valence-electron chi connectivity index (χ2n) is 9.24. The minimum absolute atomic E-state index is 0.0547. The van der Waals surface area contributed by atoms with Crippen LogP contribution in [0.25, 0.3) is 12.3 Å². The number of hydrogen-bond donors (Lipinski definition) is 1. The first-order valence-electron chi connectivity index (χ1n) is 11.8. The molecule has 2 amide bonds. The number of benzene rings is 2. The SMILES string of the molecule is COCCNC(=O)c1cc2c(cc1C)=CCC(C)N(CC1CN(C(=O)c3ccc(Cl)cc3)C1)C=2. The third-order valence-electron chi connectivity index (χ3n) is 6.62. The first-order valence-corrected chi connectivity index (χ1v) is 12.1. The van der Waals surface area contributed by atoms with Crippen LogP contribution in [0, 0.1) is 12.8 Å². The minimum atomic E-state index is -0.0788. The molecule has 1 unspecified atom stereocenters. The van der Waals surface area contributed by atoms with Gasteiger partial charge in [-0.15, -0.1) is 0 Å². The van der Waals surface area contributed by atoms with Crippen LogP contribution in [0.15, 0.2) is 36.4 Å². The van der Waals surface area contributed by atoms with Gasteiger partial charge in [-0.3, -0.25) is 9.59 Å². The Kier molecular flexibility index (Phi) is 7.59. The number of methoxy groups -OCH3 is 1. The van der Waals surface area contributed by atoms with Crippen LogP contribution in [-0.2, 0) is 4.74 Å². The van der Waals surface area contributed by atoms with Crippen molar-refractivity contribution in [1.29, 1.82) is 0 Å². The number of halogens is 1. The lowest BCUT2D eigenvalue weighted by molar-refractivity contribution is 0.0441. The van der Waals surface area contributed by atoms with E-state index in [2.05, 4.69) is 35.5 Å². The molecule has 0 aliphatic carbocycles. The Balaban J connectivity index is 1.45. The lowest BCUT2D eigenvalue weighted by Crippen LogP contribution is -2.54. The van der Waals surface area contributed by atoms with Gasteiger partial charge in [0.15, 0.2) is 0 Å². The predicted octanol–water partition coefficient (Wildman–Crippen LogP) is 2.41. The van der Waals surface area contributed by atoms with Gasteiger partial charge in [0.25, 0.3) is 11.8 Å². The van der Waals surface area contributed by atoms with Gasteiger partial charge < -0.3 is 19.9 Å². The molecule has 6 nitrogen and oxygen atoms in total. The number of nitrogens with zero attached hydrogens (tertiary/aromatic N) is 2. The van der Waals surface area contributed by atoms with E-state index in [4.69, 9.17) is 16.3 Å². The maximum absolute atomic E-state index is 12.7. The van der Waals surface area contributed by atoms with Gasteiger partial charge in [-0.25, -0.2) is 0 Å². The van der Waals surface area contributed by atoms with E-state index in [1.54, 1.807) is 31.4 Å². The fraction of sp³-hybridized carbons (Fsp3) is 0.407. The highest BCUT2D eigenvalue weighted by molar-refractivity contribution is 6.30. The molecule has 1 atom stereocenters. The van der Waals surface area contributed by atoms with Crippen molar-refractivity contribution in [2.24, 2.45) is 5.92 Å². The molecule has 0 aromatic heterocycles. The van der Waals surface area contributed by atoms with Crippen LogP contribution in [0.3, 0.4) is 0 Å². The fourth-order valence-electron chi connectivity index (χ4n) is 4.54. The molecule has 1 fully saturated rings. The van der Waals surface area contributed by atoms with Crippen molar-refractivity contribution >= 4 is 35.7 Å². The highest BCUT2D eigenvalue weighted by Crippen LogP contribution is 2.22. The average molecular weight is 482 g/mol. The second-order valence-corrected chi connectivity index (χ2v) is 9.68. The molecule has 7 heteroatoms. The zero-order valence-corrected chi connectivity index (χ0v) is 20.8. The quantitative estimate of drug-likeness (QED) is 0.617. The molecular weight excluding hydrogens is 450 g/mol. The van der Waals surface area contributed by atoms with Crippen LogP contribution < -0.4 is 15.8 Å². The number of amides is 2. The molecule has 0 spiro atoms. The number of rotatable bonds is 7. The van der Waals surface area contributed by atoms with E-state index in [-0.39, 0.29) is 11.8 Å². The number of aryl methyl sites for hydroxylation is 1. The van der Waals surface area contributed by atoms with Crippen molar-refractivity contribution in [3.63, 3.8) is 0 Å². The molecule has 4 rings (SSSR count). The molecule has 1 N–H and O–H groups in total. The summed E-state index contributed by atoms with van der Waals surface area (Å²) in [6.07, 6.45) is 5.37. The summed E-state index contributed by atoms with van der Waals surface area (Å²) in [7, 11) is 1.62. The van der Waals surface area contributed by atoms with E-state index in [9.17, 15) is 9.59 Å². The van der Waals surface area contributed by atoms with Crippen LogP contribution in [0.1, 0.15) is 39.6 Å². The van der Waals surface area contributed by atoms with Crippen molar-refractivity contribution < 1.29 is 14.3 Å². The topological polar surface area (TPSA) is 61.9 Å². The fourth-order valence-corrected chi connectivity index (χ4v) is 4.66. The predicted molar refractivity (Wildman–Crippen MR) is 135 cm³/mol. The number of carbonyl (C=O) groups is 2. The summed E-state index contributed by atoms with van der Waals surface area (Å²) >= 11 is 5.94. The number of likely N-dealkylation sites (tertiary alicyclic amines) is 1. The Labute approximate surface area is 205 Å². The van der Waals surface area contributed by atoms with Crippen LogP contribution in [-0.4, -0.2) is 67.6 Å². The molecule has 2 aromatic carbocycles. The Hall–Kier alpha value is -2.83. The maximum atomic E-state index is 12.7. The molecule has 0 bridgehead atoms. The zero-order valence-electron chi connectivity index (χ0n) is 20.0. The number of nitrogens with one attached hydrogen (secondary N) is 1. The first-order chi connectivity index (χ1) is 16.4. The summed E-state index contributed by atoms with van der Waals surface area (Å²) in [6.45, 7) is 7.54. The molecule has 1 saturated heterocycles. The molecule has 34 heavy (non-hydrogen) atoms. The maximum Gasteiger partial charge on any atom is 0.253 e. The van der Waals surface area contributed by atoms with Crippen molar-refractivity contribution in [3.8, 4) is 0 Å². The van der Waals surface area contributed by atoms with Crippen LogP contribution >= 0.6 is 11.6 Å². The minimum Gasteiger partial charge on any atom is -0.383 e. The highest BCUT2D eigenvalue weighted by Gasteiger charge is 2.32. The number of carbonyl (C=O) groups excluding carboxylic acids is 2.